The average molecular weight is 349 g/mol. The molecule has 0 aromatic heterocycles. The van der Waals surface area contributed by atoms with E-state index in [1.165, 1.54) is 5.56 Å². The van der Waals surface area contributed by atoms with Crippen molar-refractivity contribution in [3.8, 4) is 11.5 Å². The van der Waals surface area contributed by atoms with E-state index in [1.54, 1.807) is 11.1 Å². The Labute approximate surface area is 151 Å². The van der Waals surface area contributed by atoms with E-state index in [9.17, 15) is 4.79 Å². The number of benzene rings is 2. The smallest absolute Gasteiger partial charge is 0.264 e. The molecule has 2 N–H and O–H groups in total. The molecule has 26 heavy (non-hydrogen) atoms. The van der Waals surface area contributed by atoms with Gasteiger partial charge in [0.2, 0.25) is 6.79 Å². The van der Waals surface area contributed by atoms with E-state index in [2.05, 4.69) is 22.9 Å². The van der Waals surface area contributed by atoms with Gasteiger partial charge in [-0.25, -0.2) is 5.43 Å². The van der Waals surface area contributed by atoms with Gasteiger partial charge in [-0.1, -0.05) is 30.3 Å². The number of nitrogens with one attached hydrogen (secondary N) is 2. The molecule has 3 aliphatic rings. The summed E-state index contributed by atoms with van der Waals surface area (Å²) in [6, 6.07) is 16.1. The van der Waals surface area contributed by atoms with Gasteiger partial charge >= 0.3 is 0 Å². The van der Waals surface area contributed by atoms with E-state index in [0.717, 1.165) is 30.0 Å². The van der Waals surface area contributed by atoms with E-state index < -0.39 is 0 Å². The first-order valence-electron chi connectivity index (χ1n) is 8.77. The summed E-state index contributed by atoms with van der Waals surface area (Å²) in [6.45, 7) is 1.00. The number of rotatable bonds is 3. The molecule has 2 aromatic rings. The highest BCUT2D eigenvalue weighted by atomic mass is 16.7. The van der Waals surface area contributed by atoms with Crippen LogP contribution in [0.25, 0.3) is 5.70 Å². The number of nitrogens with zero attached hydrogens (tertiary/aromatic N) is 1. The van der Waals surface area contributed by atoms with Gasteiger partial charge in [-0.2, -0.15) is 0 Å². The number of carbonyl (C=O) groups excluding carboxylic acids is 1. The van der Waals surface area contributed by atoms with Crippen molar-refractivity contribution in [2.24, 2.45) is 5.92 Å². The number of hydrogen-bond donors (Lipinski definition) is 2. The van der Waals surface area contributed by atoms with Crippen molar-refractivity contribution < 1.29 is 14.3 Å². The molecular weight excluding hydrogens is 330 g/mol. The lowest BCUT2D eigenvalue weighted by Gasteiger charge is -2.33. The zero-order valence-corrected chi connectivity index (χ0v) is 14.1. The van der Waals surface area contributed by atoms with Gasteiger partial charge in [0.15, 0.2) is 11.5 Å². The fourth-order valence-corrected chi connectivity index (χ4v) is 3.76. The minimum Gasteiger partial charge on any atom is -0.454 e. The van der Waals surface area contributed by atoms with Crippen LogP contribution in [0.5, 0.6) is 11.5 Å². The molecule has 1 amide bonds. The molecule has 2 aromatic carbocycles. The second kappa shape index (κ2) is 6.07. The van der Waals surface area contributed by atoms with Crippen molar-refractivity contribution in [1.82, 2.24) is 15.8 Å². The third kappa shape index (κ3) is 2.59. The standard InChI is InChI=1S/C20H19N3O3/c24-19-10-16(14-6-7-17-18(9-14)26-12-25-17)22-20-15(11-21-23(19)20)8-13-4-2-1-3-5-13/h1-7,9-10,15,20-22H,8,11-12H2. The molecule has 0 saturated carbocycles. The van der Waals surface area contributed by atoms with Crippen LogP contribution >= 0.6 is 0 Å². The van der Waals surface area contributed by atoms with Crippen LogP contribution in [0.2, 0.25) is 0 Å². The zero-order chi connectivity index (χ0) is 17.5. The van der Waals surface area contributed by atoms with E-state index in [1.807, 2.05) is 36.4 Å². The molecule has 6 heteroatoms. The predicted octanol–water partition coefficient (Wildman–Crippen LogP) is 1.89. The van der Waals surface area contributed by atoms with Crippen LogP contribution in [0.3, 0.4) is 0 Å². The number of ether oxygens (including phenoxy) is 2. The molecular formula is C20H19N3O3. The van der Waals surface area contributed by atoms with Gasteiger partial charge in [0, 0.05) is 29.8 Å². The van der Waals surface area contributed by atoms with Gasteiger partial charge < -0.3 is 14.8 Å². The lowest BCUT2D eigenvalue weighted by Crippen LogP contribution is -2.52. The highest BCUT2D eigenvalue weighted by molar-refractivity contribution is 5.96. The molecule has 5 rings (SSSR count). The number of hydrazine groups is 1. The summed E-state index contributed by atoms with van der Waals surface area (Å²) >= 11 is 0. The molecule has 3 aliphatic heterocycles. The summed E-state index contributed by atoms with van der Waals surface area (Å²) in [6.07, 6.45) is 2.46. The first kappa shape index (κ1) is 15.3. The summed E-state index contributed by atoms with van der Waals surface area (Å²) in [5.41, 5.74) is 6.24. The Hall–Kier alpha value is -2.99. The fourth-order valence-electron chi connectivity index (χ4n) is 3.76. The van der Waals surface area contributed by atoms with Crippen molar-refractivity contribution in [2.45, 2.75) is 12.6 Å². The molecule has 0 aliphatic carbocycles. The highest BCUT2D eigenvalue weighted by Crippen LogP contribution is 2.35. The summed E-state index contributed by atoms with van der Waals surface area (Å²) < 4.78 is 10.8. The highest BCUT2D eigenvalue weighted by Gasteiger charge is 2.39. The van der Waals surface area contributed by atoms with E-state index in [4.69, 9.17) is 9.47 Å². The Morgan fingerprint density at radius 3 is 2.81 bits per heavy atom. The van der Waals surface area contributed by atoms with Gasteiger partial charge in [0.25, 0.3) is 5.91 Å². The molecule has 132 valence electrons. The second-order valence-corrected chi connectivity index (χ2v) is 6.74. The third-order valence-electron chi connectivity index (χ3n) is 5.08. The molecule has 2 unspecified atom stereocenters. The van der Waals surface area contributed by atoms with Gasteiger partial charge in [0.05, 0.1) is 0 Å². The maximum Gasteiger partial charge on any atom is 0.264 e. The minimum absolute atomic E-state index is 0.0306. The zero-order valence-electron chi connectivity index (χ0n) is 14.1. The van der Waals surface area contributed by atoms with Crippen LogP contribution in [0.15, 0.2) is 54.6 Å². The monoisotopic (exact) mass is 349 g/mol. The number of carbonyl (C=O) groups is 1. The van der Waals surface area contributed by atoms with Crippen molar-refractivity contribution in [1.29, 1.82) is 0 Å². The second-order valence-electron chi connectivity index (χ2n) is 6.74. The van der Waals surface area contributed by atoms with Crippen molar-refractivity contribution in [3.05, 3.63) is 65.7 Å². The van der Waals surface area contributed by atoms with Gasteiger partial charge in [-0.15, -0.1) is 0 Å². The molecule has 1 saturated heterocycles. The van der Waals surface area contributed by atoms with Crippen LogP contribution in [0.4, 0.5) is 0 Å². The van der Waals surface area contributed by atoms with E-state index >= 15 is 0 Å². The van der Waals surface area contributed by atoms with Crippen molar-refractivity contribution in [3.63, 3.8) is 0 Å². The normalized spacial score (nSPS) is 23.5. The average Bonchev–Trinajstić information content (AvgIpc) is 3.29. The van der Waals surface area contributed by atoms with Gasteiger partial charge in [-0.3, -0.25) is 9.80 Å². The maximum atomic E-state index is 12.6. The molecule has 0 bridgehead atoms. The lowest BCUT2D eigenvalue weighted by molar-refractivity contribution is -0.131. The Morgan fingerprint density at radius 1 is 1.08 bits per heavy atom. The molecule has 0 radical (unpaired) electrons. The molecule has 3 heterocycles. The number of hydrogen-bond acceptors (Lipinski definition) is 5. The molecule has 2 atom stereocenters. The molecule has 6 nitrogen and oxygen atoms in total. The van der Waals surface area contributed by atoms with Crippen LogP contribution in [-0.2, 0) is 11.2 Å². The Kier molecular flexibility index (Phi) is 3.57. The Balaban J connectivity index is 1.40. The van der Waals surface area contributed by atoms with E-state index in [0.29, 0.717) is 11.7 Å². The summed E-state index contributed by atoms with van der Waals surface area (Å²) in [5, 5.41) is 5.23. The SMILES string of the molecule is O=C1C=C(c2ccc3c(c2)OCO3)NC2C(Cc3ccccc3)CNN12. The molecule has 0 spiro atoms. The fraction of sp³-hybridized carbons (Fsp3) is 0.250. The minimum atomic E-state index is -0.0758. The lowest BCUT2D eigenvalue weighted by atomic mass is 9.96. The summed E-state index contributed by atoms with van der Waals surface area (Å²) in [5.74, 6) is 1.71. The van der Waals surface area contributed by atoms with E-state index in [-0.39, 0.29) is 18.9 Å². The predicted molar refractivity (Wildman–Crippen MR) is 96.0 cm³/mol. The Morgan fingerprint density at radius 2 is 1.92 bits per heavy atom. The number of amides is 1. The quantitative estimate of drug-likeness (QED) is 0.886. The first-order chi connectivity index (χ1) is 12.8. The maximum absolute atomic E-state index is 12.6. The third-order valence-corrected chi connectivity index (χ3v) is 5.08. The Bertz CT molecular complexity index is 881. The topological polar surface area (TPSA) is 62.8 Å². The van der Waals surface area contributed by atoms with Crippen molar-refractivity contribution >= 4 is 11.6 Å². The summed E-state index contributed by atoms with van der Waals surface area (Å²) in [7, 11) is 0. The van der Waals surface area contributed by atoms with Crippen LogP contribution in [0, 0.1) is 5.92 Å². The first-order valence-corrected chi connectivity index (χ1v) is 8.77. The van der Waals surface area contributed by atoms with Gasteiger partial charge in [0.1, 0.15) is 6.17 Å². The summed E-state index contributed by atoms with van der Waals surface area (Å²) in [4.78, 5) is 12.6. The van der Waals surface area contributed by atoms with Crippen LogP contribution in [0.1, 0.15) is 11.1 Å². The molecule has 1 fully saturated rings. The number of fused-ring (bicyclic) bond motifs is 2. The van der Waals surface area contributed by atoms with Gasteiger partial charge in [-0.05, 0) is 30.2 Å². The van der Waals surface area contributed by atoms with Crippen LogP contribution < -0.4 is 20.2 Å². The van der Waals surface area contributed by atoms with Crippen molar-refractivity contribution in [2.75, 3.05) is 13.3 Å². The van der Waals surface area contributed by atoms with Crippen LogP contribution in [-0.4, -0.2) is 30.4 Å². The largest absolute Gasteiger partial charge is 0.454 e.